The number of para-hydroxylation sites is 1. The summed E-state index contributed by atoms with van der Waals surface area (Å²) in [4.78, 5) is 11.5. The van der Waals surface area contributed by atoms with Gasteiger partial charge in [-0.15, -0.1) is 0 Å². The molecule has 1 aromatic heterocycles. The largest absolute Gasteiger partial charge is 0.501 e. The van der Waals surface area contributed by atoms with Gasteiger partial charge in [0.2, 0.25) is 0 Å². The van der Waals surface area contributed by atoms with Crippen LogP contribution in [0.25, 0.3) is 11.0 Å². The molecule has 0 aliphatic carbocycles. The van der Waals surface area contributed by atoms with Crippen LogP contribution in [0.1, 0.15) is 25.2 Å². The van der Waals surface area contributed by atoms with Gasteiger partial charge in [0, 0.05) is 18.9 Å². The third-order valence-electron chi connectivity index (χ3n) is 3.26. The van der Waals surface area contributed by atoms with Gasteiger partial charge in [0.05, 0.1) is 19.8 Å². The van der Waals surface area contributed by atoms with E-state index in [4.69, 9.17) is 18.6 Å². The van der Waals surface area contributed by atoms with E-state index in [1.165, 1.54) is 13.2 Å². The van der Waals surface area contributed by atoms with Crippen LogP contribution in [0.3, 0.4) is 0 Å². The zero-order valence-corrected chi connectivity index (χ0v) is 13.0. The van der Waals surface area contributed by atoms with Crippen molar-refractivity contribution in [2.45, 2.75) is 19.4 Å². The van der Waals surface area contributed by atoms with Crippen molar-refractivity contribution in [3.05, 3.63) is 47.9 Å². The first-order valence-corrected chi connectivity index (χ1v) is 7.10. The van der Waals surface area contributed by atoms with E-state index in [1.807, 2.05) is 30.3 Å². The lowest BCUT2D eigenvalue weighted by molar-refractivity contribution is -0.137. The van der Waals surface area contributed by atoms with Gasteiger partial charge in [0.15, 0.2) is 0 Å². The van der Waals surface area contributed by atoms with Crippen molar-refractivity contribution in [1.29, 1.82) is 0 Å². The van der Waals surface area contributed by atoms with Crippen molar-refractivity contribution in [1.82, 2.24) is 0 Å². The highest BCUT2D eigenvalue weighted by Crippen LogP contribution is 2.30. The standard InChI is InChI=1S/C17H20O5/c1-4-21-17(18)11-13(19-2)10-15(20-3)16-9-12-7-5-6-8-14(12)22-16/h5-9,11,15H,4,10H2,1-3H3/b13-11-. The molecular formula is C17H20O5. The zero-order valence-electron chi connectivity index (χ0n) is 13.0. The van der Waals surface area contributed by atoms with E-state index in [9.17, 15) is 4.79 Å². The van der Waals surface area contributed by atoms with Crippen molar-refractivity contribution in [2.24, 2.45) is 0 Å². The third-order valence-corrected chi connectivity index (χ3v) is 3.26. The summed E-state index contributed by atoms with van der Waals surface area (Å²) in [7, 11) is 3.10. The van der Waals surface area contributed by atoms with Crippen molar-refractivity contribution >= 4 is 16.9 Å². The molecule has 118 valence electrons. The zero-order chi connectivity index (χ0) is 15.9. The first-order valence-electron chi connectivity index (χ1n) is 7.10. The van der Waals surface area contributed by atoms with Gasteiger partial charge >= 0.3 is 5.97 Å². The number of furan rings is 1. The van der Waals surface area contributed by atoms with Crippen LogP contribution < -0.4 is 0 Å². The van der Waals surface area contributed by atoms with Crippen molar-refractivity contribution in [2.75, 3.05) is 20.8 Å². The predicted molar refractivity (Wildman–Crippen MR) is 82.3 cm³/mol. The summed E-state index contributed by atoms with van der Waals surface area (Å²) in [5.74, 6) is 0.736. The topological polar surface area (TPSA) is 57.9 Å². The molecule has 0 bridgehead atoms. The van der Waals surface area contributed by atoms with E-state index < -0.39 is 5.97 Å². The number of ether oxygens (including phenoxy) is 3. The van der Waals surface area contributed by atoms with E-state index >= 15 is 0 Å². The number of hydrogen-bond donors (Lipinski definition) is 0. The molecule has 0 amide bonds. The van der Waals surface area contributed by atoms with Gasteiger partial charge in [0.1, 0.15) is 23.2 Å². The van der Waals surface area contributed by atoms with Gasteiger partial charge in [0.25, 0.3) is 0 Å². The molecule has 0 N–H and O–H groups in total. The van der Waals surface area contributed by atoms with Gasteiger partial charge in [-0.25, -0.2) is 4.79 Å². The van der Waals surface area contributed by atoms with E-state index in [1.54, 1.807) is 14.0 Å². The Kier molecular flexibility index (Phi) is 5.61. The number of esters is 1. The number of benzene rings is 1. The second kappa shape index (κ2) is 7.66. The van der Waals surface area contributed by atoms with Crippen LogP contribution >= 0.6 is 0 Å². The Hall–Kier alpha value is -2.27. The maximum Gasteiger partial charge on any atom is 0.334 e. The quantitative estimate of drug-likeness (QED) is 0.444. The van der Waals surface area contributed by atoms with Crippen LogP contribution in [0.4, 0.5) is 0 Å². The van der Waals surface area contributed by atoms with E-state index in [2.05, 4.69) is 0 Å². The molecule has 0 saturated carbocycles. The average molecular weight is 304 g/mol. The van der Waals surface area contributed by atoms with Gasteiger partial charge in [-0.1, -0.05) is 18.2 Å². The van der Waals surface area contributed by atoms with Crippen molar-refractivity contribution < 1.29 is 23.4 Å². The van der Waals surface area contributed by atoms with Crippen LogP contribution in [0.5, 0.6) is 0 Å². The molecule has 0 radical (unpaired) electrons. The Bertz CT molecular complexity index is 623. The maximum atomic E-state index is 11.5. The number of fused-ring (bicyclic) bond motifs is 1. The van der Waals surface area contributed by atoms with Crippen molar-refractivity contribution in [3.8, 4) is 0 Å². The summed E-state index contributed by atoms with van der Waals surface area (Å²) in [6.45, 7) is 2.08. The van der Waals surface area contributed by atoms with Crippen LogP contribution in [0.15, 0.2) is 46.6 Å². The van der Waals surface area contributed by atoms with Gasteiger partial charge in [-0.2, -0.15) is 0 Å². The van der Waals surface area contributed by atoms with E-state index in [-0.39, 0.29) is 6.10 Å². The molecule has 2 rings (SSSR count). The van der Waals surface area contributed by atoms with Gasteiger partial charge in [-0.05, 0) is 19.1 Å². The number of carbonyl (C=O) groups is 1. The van der Waals surface area contributed by atoms with Crippen LogP contribution in [-0.4, -0.2) is 26.8 Å². The fourth-order valence-corrected chi connectivity index (χ4v) is 2.16. The Balaban J connectivity index is 2.18. The second-order valence-electron chi connectivity index (χ2n) is 4.68. The lowest BCUT2D eigenvalue weighted by Gasteiger charge is -2.14. The lowest BCUT2D eigenvalue weighted by Crippen LogP contribution is -2.06. The molecule has 0 aliphatic rings. The minimum absolute atomic E-state index is 0.323. The smallest absolute Gasteiger partial charge is 0.334 e. The summed E-state index contributed by atoms with van der Waals surface area (Å²) in [5.41, 5.74) is 0.799. The molecule has 5 heteroatoms. The Morgan fingerprint density at radius 3 is 2.73 bits per heavy atom. The Morgan fingerprint density at radius 2 is 2.09 bits per heavy atom. The molecular weight excluding hydrogens is 284 g/mol. The summed E-state index contributed by atoms with van der Waals surface area (Å²) in [6.07, 6.45) is 1.37. The molecule has 5 nitrogen and oxygen atoms in total. The number of hydrogen-bond acceptors (Lipinski definition) is 5. The first-order chi connectivity index (χ1) is 10.7. The normalized spacial score (nSPS) is 13.1. The summed E-state index contributed by atoms with van der Waals surface area (Å²) in [5, 5.41) is 1.01. The summed E-state index contributed by atoms with van der Waals surface area (Å²) >= 11 is 0. The summed E-state index contributed by atoms with van der Waals surface area (Å²) in [6, 6.07) is 9.67. The maximum absolute atomic E-state index is 11.5. The van der Waals surface area contributed by atoms with Crippen LogP contribution in [0, 0.1) is 0 Å². The average Bonchev–Trinajstić information content (AvgIpc) is 2.95. The molecule has 1 heterocycles. The molecule has 1 aromatic carbocycles. The van der Waals surface area contributed by atoms with Crippen molar-refractivity contribution in [3.63, 3.8) is 0 Å². The SMILES string of the molecule is CCOC(=O)/C=C(/CC(OC)c1cc2ccccc2o1)OC. The highest BCUT2D eigenvalue weighted by atomic mass is 16.5. The lowest BCUT2D eigenvalue weighted by atomic mass is 10.1. The van der Waals surface area contributed by atoms with Gasteiger partial charge in [-0.3, -0.25) is 0 Å². The van der Waals surface area contributed by atoms with E-state index in [0.717, 1.165) is 11.0 Å². The molecule has 1 atom stereocenters. The molecule has 0 fully saturated rings. The minimum atomic E-state index is -0.432. The monoisotopic (exact) mass is 304 g/mol. The predicted octanol–water partition coefficient (Wildman–Crippen LogP) is 3.60. The molecule has 0 aliphatic heterocycles. The number of carbonyl (C=O) groups excluding carboxylic acids is 1. The first kappa shape index (κ1) is 16.1. The highest BCUT2D eigenvalue weighted by molar-refractivity contribution is 5.82. The van der Waals surface area contributed by atoms with Gasteiger partial charge < -0.3 is 18.6 Å². The molecule has 0 spiro atoms. The number of rotatable bonds is 7. The number of methoxy groups -OCH3 is 2. The molecule has 2 aromatic rings. The molecule has 22 heavy (non-hydrogen) atoms. The molecule has 0 saturated heterocycles. The Labute approximate surface area is 129 Å². The van der Waals surface area contributed by atoms with Crippen LogP contribution in [-0.2, 0) is 19.0 Å². The fraction of sp³-hybridized carbons (Fsp3) is 0.353. The van der Waals surface area contributed by atoms with E-state index in [0.29, 0.717) is 24.5 Å². The third kappa shape index (κ3) is 3.89. The minimum Gasteiger partial charge on any atom is -0.501 e. The van der Waals surface area contributed by atoms with Crippen LogP contribution in [0.2, 0.25) is 0 Å². The second-order valence-corrected chi connectivity index (χ2v) is 4.68. The molecule has 1 unspecified atom stereocenters. The Morgan fingerprint density at radius 1 is 1.32 bits per heavy atom. The fourth-order valence-electron chi connectivity index (χ4n) is 2.16. The highest BCUT2D eigenvalue weighted by Gasteiger charge is 2.19. The summed E-state index contributed by atoms with van der Waals surface area (Å²) < 4.78 is 21.4.